The van der Waals surface area contributed by atoms with Crippen LogP contribution < -0.4 is 0 Å². The molecule has 5 heteroatoms. The summed E-state index contributed by atoms with van der Waals surface area (Å²) in [7, 11) is 0.0962. The molecule has 4 nitrogen and oxygen atoms in total. The van der Waals surface area contributed by atoms with Crippen LogP contribution in [0.15, 0.2) is 12.0 Å². The van der Waals surface area contributed by atoms with E-state index in [2.05, 4.69) is 0 Å². The molecule has 0 aromatic carbocycles. The van der Waals surface area contributed by atoms with Gasteiger partial charge in [0.15, 0.2) is 5.91 Å². The first-order chi connectivity index (χ1) is 7.28. The van der Waals surface area contributed by atoms with E-state index >= 15 is 0 Å². The Morgan fingerprint density at radius 1 is 1.13 bits per heavy atom. The highest BCUT2D eigenvalue weighted by atomic mass is 28.2. The van der Waals surface area contributed by atoms with Crippen LogP contribution in [-0.4, -0.2) is 35.5 Å². The molecule has 0 bridgehead atoms. The van der Waals surface area contributed by atoms with Gasteiger partial charge in [0.25, 0.3) is 5.95 Å². The second-order valence-corrected chi connectivity index (χ2v) is 3.41. The highest BCUT2D eigenvalue weighted by molar-refractivity contribution is 6.28. The van der Waals surface area contributed by atoms with E-state index in [0.29, 0.717) is 25.8 Å². The van der Waals surface area contributed by atoms with Crippen molar-refractivity contribution < 1.29 is 18.6 Å². The van der Waals surface area contributed by atoms with E-state index in [1.54, 1.807) is 6.08 Å². The minimum atomic E-state index is -0.296. The van der Waals surface area contributed by atoms with Crippen molar-refractivity contribution in [2.24, 2.45) is 0 Å². The van der Waals surface area contributed by atoms with E-state index in [1.165, 1.54) is 0 Å². The van der Waals surface area contributed by atoms with E-state index in [1.807, 2.05) is 27.7 Å². The summed E-state index contributed by atoms with van der Waals surface area (Å²) in [6.07, 6.45) is 1.78. The van der Waals surface area contributed by atoms with Crippen molar-refractivity contribution in [1.29, 1.82) is 0 Å². The first-order valence-electron chi connectivity index (χ1n) is 5.23. The smallest absolute Gasteiger partial charge is 0.380 e. The summed E-state index contributed by atoms with van der Waals surface area (Å²) in [4.78, 5) is 0. The number of allylic oxidation sites excluding steroid dienone is 1. The van der Waals surface area contributed by atoms with Gasteiger partial charge in [0, 0.05) is 13.2 Å². The molecule has 0 unspecified atom stereocenters. The van der Waals surface area contributed by atoms with E-state index in [4.69, 9.17) is 18.6 Å². The molecule has 0 aliphatic heterocycles. The maximum Gasteiger partial charge on any atom is 0.380 e. The maximum atomic E-state index is 5.42. The van der Waals surface area contributed by atoms with Crippen molar-refractivity contribution >= 4 is 9.76 Å². The molecule has 15 heavy (non-hydrogen) atoms. The van der Waals surface area contributed by atoms with Gasteiger partial charge in [0.2, 0.25) is 0 Å². The quantitative estimate of drug-likeness (QED) is 0.345. The van der Waals surface area contributed by atoms with Crippen LogP contribution in [0.1, 0.15) is 27.7 Å². The van der Waals surface area contributed by atoms with Crippen LogP contribution in [-0.2, 0) is 18.6 Å². The van der Waals surface area contributed by atoms with Gasteiger partial charge in [-0.25, -0.2) is 0 Å². The molecular formula is C10H20O4Si. The third-order valence-electron chi connectivity index (χ3n) is 1.41. The molecule has 0 saturated carbocycles. The van der Waals surface area contributed by atoms with E-state index in [9.17, 15) is 0 Å². The molecule has 0 rings (SSSR count). The number of ether oxygens (including phenoxy) is 3. The summed E-state index contributed by atoms with van der Waals surface area (Å²) < 4.78 is 21.3. The van der Waals surface area contributed by atoms with E-state index in [-0.39, 0.29) is 15.7 Å². The fourth-order valence-corrected chi connectivity index (χ4v) is 1.70. The third-order valence-corrected chi connectivity index (χ3v) is 2.26. The summed E-state index contributed by atoms with van der Waals surface area (Å²) in [5.41, 5.74) is 0. The lowest BCUT2D eigenvalue weighted by molar-refractivity contribution is -0.0907. The first kappa shape index (κ1) is 14.5. The predicted octanol–water partition coefficient (Wildman–Crippen LogP) is 1.88. The zero-order valence-corrected chi connectivity index (χ0v) is 10.9. The normalized spacial score (nSPS) is 11.9. The molecule has 0 aromatic rings. The lowest BCUT2D eigenvalue weighted by Gasteiger charge is -2.16. The highest BCUT2D eigenvalue weighted by Gasteiger charge is 2.13. The number of rotatable bonds is 9. The third kappa shape index (κ3) is 7.41. The molecule has 0 aliphatic carbocycles. The highest BCUT2D eigenvalue weighted by Crippen LogP contribution is 2.02. The van der Waals surface area contributed by atoms with Crippen LogP contribution in [0.4, 0.5) is 0 Å². The second-order valence-electron chi connectivity index (χ2n) is 2.50. The fraction of sp³-hybridized carbons (Fsp3) is 0.800. The Balaban J connectivity index is 3.84. The number of hydrogen-bond donors (Lipinski definition) is 0. The van der Waals surface area contributed by atoms with Gasteiger partial charge in [-0.2, -0.15) is 0 Å². The molecule has 0 amide bonds. The summed E-state index contributed by atoms with van der Waals surface area (Å²) in [6.45, 7) is 9.45. The number of hydrogen-bond acceptors (Lipinski definition) is 4. The largest absolute Gasteiger partial charge is 0.511 e. The van der Waals surface area contributed by atoms with Crippen LogP contribution in [0.5, 0.6) is 0 Å². The lowest BCUT2D eigenvalue weighted by Crippen LogP contribution is -2.27. The van der Waals surface area contributed by atoms with Crippen LogP contribution in [0.3, 0.4) is 0 Å². The topological polar surface area (TPSA) is 36.9 Å². The van der Waals surface area contributed by atoms with Gasteiger partial charge in [-0.15, -0.1) is 0 Å². The monoisotopic (exact) mass is 232 g/mol. The molecule has 0 spiro atoms. The van der Waals surface area contributed by atoms with Gasteiger partial charge < -0.3 is 18.6 Å². The first-order valence-corrected chi connectivity index (χ1v) is 6.21. The Bertz CT molecular complexity index is 167. The lowest BCUT2D eigenvalue weighted by atomic mass is 10.7. The van der Waals surface area contributed by atoms with Crippen molar-refractivity contribution in [3.63, 3.8) is 0 Å². The van der Waals surface area contributed by atoms with E-state index < -0.39 is 0 Å². The van der Waals surface area contributed by atoms with E-state index in [0.717, 1.165) is 0 Å². The Hall–Kier alpha value is -0.523. The SMILES string of the molecule is CC=C(OCC)O[Si]C(OCC)OCC. The zero-order chi connectivity index (χ0) is 11.5. The Morgan fingerprint density at radius 3 is 2.13 bits per heavy atom. The van der Waals surface area contributed by atoms with Gasteiger partial charge in [0.1, 0.15) is 0 Å². The summed E-state index contributed by atoms with van der Waals surface area (Å²) in [5, 5.41) is 0. The molecule has 0 aromatic heterocycles. The molecule has 0 atom stereocenters. The van der Waals surface area contributed by atoms with Gasteiger partial charge >= 0.3 is 9.76 Å². The zero-order valence-electron chi connectivity index (χ0n) is 9.91. The molecule has 2 radical (unpaired) electrons. The maximum absolute atomic E-state index is 5.42. The van der Waals surface area contributed by atoms with Crippen molar-refractivity contribution in [1.82, 2.24) is 0 Å². The minimum absolute atomic E-state index is 0.0962. The Labute approximate surface area is 94.5 Å². The Morgan fingerprint density at radius 2 is 1.73 bits per heavy atom. The van der Waals surface area contributed by atoms with Crippen LogP contribution in [0.2, 0.25) is 0 Å². The van der Waals surface area contributed by atoms with Crippen LogP contribution in [0.25, 0.3) is 0 Å². The van der Waals surface area contributed by atoms with Gasteiger partial charge in [-0.1, -0.05) is 0 Å². The van der Waals surface area contributed by atoms with Gasteiger partial charge in [-0.3, -0.25) is 0 Å². The van der Waals surface area contributed by atoms with Crippen LogP contribution >= 0.6 is 0 Å². The van der Waals surface area contributed by atoms with Crippen molar-refractivity contribution in [3.05, 3.63) is 12.0 Å². The second kappa shape index (κ2) is 10.0. The van der Waals surface area contributed by atoms with Gasteiger partial charge in [-0.05, 0) is 33.8 Å². The van der Waals surface area contributed by atoms with Crippen LogP contribution in [0, 0.1) is 0 Å². The molecular weight excluding hydrogens is 212 g/mol. The minimum Gasteiger partial charge on any atom is -0.511 e. The molecule has 0 saturated heterocycles. The molecule has 0 aliphatic rings. The summed E-state index contributed by atoms with van der Waals surface area (Å²) >= 11 is 0. The average molecular weight is 232 g/mol. The summed E-state index contributed by atoms with van der Waals surface area (Å²) in [5.74, 6) is 0.232. The predicted molar refractivity (Wildman–Crippen MR) is 59.3 cm³/mol. The van der Waals surface area contributed by atoms with Crippen molar-refractivity contribution in [2.45, 2.75) is 33.6 Å². The molecule has 0 N–H and O–H groups in total. The Kier molecular flexibility index (Phi) is 9.66. The summed E-state index contributed by atoms with van der Waals surface area (Å²) in [6, 6.07) is 0. The molecule has 0 heterocycles. The molecule has 88 valence electrons. The van der Waals surface area contributed by atoms with Gasteiger partial charge in [0.05, 0.1) is 6.61 Å². The van der Waals surface area contributed by atoms with Crippen molar-refractivity contribution in [3.8, 4) is 0 Å². The van der Waals surface area contributed by atoms with Crippen molar-refractivity contribution in [2.75, 3.05) is 19.8 Å². The fourth-order valence-electron chi connectivity index (χ4n) is 0.839. The average Bonchev–Trinajstić information content (AvgIpc) is 2.24. The molecule has 0 fully saturated rings. The standard InChI is InChI=1S/C10H20O4Si/c1-5-9(11-6-2)14-15-10(12-7-3)13-8-4/h5,10H,6-8H2,1-4H3.